The molecule has 0 saturated carbocycles. The number of hydrogen-bond donors (Lipinski definition) is 2. The van der Waals surface area contributed by atoms with E-state index in [4.69, 9.17) is 9.15 Å². The molecule has 164 valence electrons. The van der Waals surface area contributed by atoms with Gasteiger partial charge in [0, 0.05) is 23.5 Å². The highest BCUT2D eigenvalue weighted by Crippen LogP contribution is 2.40. The smallest absolute Gasteiger partial charge is 0.493 e. The number of oxazole rings is 1. The minimum atomic E-state index is -5.58. The van der Waals surface area contributed by atoms with E-state index in [-0.39, 0.29) is 23.8 Å². The molecule has 2 heterocycles. The summed E-state index contributed by atoms with van der Waals surface area (Å²) in [6.45, 7) is 0.183. The van der Waals surface area contributed by atoms with Gasteiger partial charge in [-0.1, -0.05) is 30.3 Å². The predicted octanol–water partition coefficient (Wildman–Crippen LogP) is 3.89. The number of aliphatic hydroxyl groups is 1. The zero-order valence-corrected chi connectivity index (χ0v) is 16.7. The van der Waals surface area contributed by atoms with Crippen LogP contribution < -0.4 is 9.46 Å². The first kappa shape index (κ1) is 21.2. The standard InChI is InChI=1S/C20H17F3N2O5S/c21-20(22,23)31(27,28)25-16-4-2-1-3-14(16)12-5-6-15-17(9-12)30-11-13(19(15)26)10-18-24-7-8-29-18/h1-9,13,19,25-26H,10-11H2. The molecule has 2 N–H and O–H groups in total. The van der Waals surface area contributed by atoms with Crippen molar-refractivity contribution in [3.8, 4) is 16.9 Å². The SMILES string of the molecule is O=S(=O)(Nc1ccccc1-c1ccc2c(c1)OCC(Cc1ncco1)C2O)C(F)(F)F. The van der Waals surface area contributed by atoms with Crippen LogP contribution >= 0.6 is 0 Å². The van der Waals surface area contributed by atoms with Gasteiger partial charge in [-0.05, 0) is 17.7 Å². The predicted molar refractivity (Wildman–Crippen MR) is 105 cm³/mol. The maximum atomic E-state index is 12.8. The molecule has 4 rings (SSSR count). The molecular weight excluding hydrogens is 437 g/mol. The third-order valence-corrected chi connectivity index (χ3v) is 6.04. The lowest BCUT2D eigenvalue weighted by Crippen LogP contribution is -2.30. The van der Waals surface area contributed by atoms with Gasteiger partial charge in [0.05, 0.1) is 24.6 Å². The number of anilines is 1. The third kappa shape index (κ3) is 4.23. The lowest BCUT2D eigenvalue weighted by Gasteiger charge is -2.30. The van der Waals surface area contributed by atoms with Crippen molar-refractivity contribution in [1.82, 2.24) is 4.98 Å². The van der Waals surface area contributed by atoms with Gasteiger partial charge < -0.3 is 14.3 Å². The van der Waals surface area contributed by atoms with Crippen molar-refractivity contribution in [1.29, 1.82) is 0 Å². The third-order valence-electron chi connectivity index (χ3n) is 4.94. The molecule has 0 spiro atoms. The first-order valence-electron chi connectivity index (χ1n) is 9.17. The molecular formula is C20H17F3N2O5S. The van der Waals surface area contributed by atoms with E-state index in [1.54, 1.807) is 29.0 Å². The van der Waals surface area contributed by atoms with E-state index in [2.05, 4.69) is 4.98 Å². The number of para-hydroxylation sites is 1. The number of halogens is 3. The molecule has 2 aromatic carbocycles. The monoisotopic (exact) mass is 454 g/mol. The number of benzene rings is 2. The van der Waals surface area contributed by atoms with Crippen LogP contribution in [0, 0.1) is 5.92 Å². The number of nitrogens with one attached hydrogen (secondary N) is 1. The Morgan fingerprint density at radius 3 is 2.68 bits per heavy atom. The van der Waals surface area contributed by atoms with Crippen molar-refractivity contribution in [2.75, 3.05) is 11.3 Å². The number of aromatic nitrogens is 1. The number of ether oxygens (including phenoxy) is 1. The van der Waals surface area contributed by atoms with Crippen LogP contribution in [0.5, 0.6) is 5.75 Å². The topological polar surface area (TPSA) is 102 Å². The summed E-state index contributed by atoms with van der Waals surface area (Å²) in [6.07, 6.45) is 2.47. The molecule has 1 aliphatic heterocycles. The van der Waals surface area contributed by atoms with Crippen LogP contribution in [0.4, 0.5) is 18.9 Å². The van der Waals surface area contributed by atoms with Crippen LogP contribution in [0.15, 0.2) is 59.3 Å². The zero-order valence-electron chi connectivity index (χ0n) is 15.8. The second-order valence-electron chi connectivity index (χ2n) is 7.00. The number of rotatable bonds is 5. The van der Waals surface area contributed by atoms with E-state index in [9.17, 15) is 26.7 Å². The van der Waals surface area contributed by atoms with Gasteiger partial charge in [-0.15, -0.1) is 0 Å². The summed E-state index contributed by atoms with van der Waals surface area (Å²) in [6, 6.07) is 10.5. The lowest BCUT2D eigenvalue weighted by atomic mass is 9.89. The van der Waals surface area contributed by atoms with E-state index in [0.717, 1.165) is 0 Å². The van der Waals surface area contributed by atoms with Crippen molar-refractivity contribution in [3.05, 3.63) is 66.4 Å². The lowest BCUT2D eigenvalue weighted by molar-refractivity contribution is -0.0429. The van der Waals surface area contributed by atoms with Gasteiger partial charge in [-0.2, -0.15) is 21.6 Å². The molecule has 7 nitrogen and oxygen atoms in total. The van der Waals surface area contributed by atoms with E-state index in [1.165, 1.54) is 30.7 Å². The summed E-state index contributed by atoms with van der Waals surface area (Å²) in [7, 11) is -5.58. The number of nitrogens with zero attached hydrogens (tertiary/aromatic N) is 1. The highest BCUT2D eigenvalue weighted by Gasteiger charge is 2.46. The second-order valence-corrected chi connectivity index (χ2v) is 8.67. The molecule has 31 heavy (non-hydrogen) atoms. The summed E-state index contributed by atoms with van der Waals surface area (Å²) in [5, 5.41) is 10.7. The van der Waals surface area contributed by atoms with Gasteiger partial charge in [0.2, 0.25) is 0 Å². The zero-order chi connectivity index (χ0) is 22.2. The molecule has 0 radical (unpaired) electrons. The molecule has 0 bridgehead atoms. The number of aliphatic hydroxyl groups excluding tert-OH is 1. The number of sulfonamides is 1. The Labute approximate surface area is 175 Å². The van der Waals surface area contributed by atoms with Crippen molar-refractivity contribution >= 4 is 15.7 Å². The maximum Gasteiger partial charge on any atom is 0.516 e. The van der Waals surface area contributed by atoms with E-state index < -0.39 is 21.6 Å². The van der Waals surface area contributed by atoms with Crippen molar-refractivity contribution in [2.24, 2.45) is 5.92 Å². The fraction of sp³-hybridized carbons (Fsp3) is 0.250. The van der Waals surface area contributed by atoms with Gasteiger partial charge >= 0.3 is 15.5 Å². The quantitative estimate of drug-likeness (QED) is 0.607. The maximum absolute atomic E-state index is 12.8. The van der Waals surface area contributed by atoms with Gasteiger partial charge in [-0.3, -0.25) is 4.72 Å². The average Bonchev–Trinajstić information content (AvgIpc) is 3.22. The summed E-state index contributed by atoms with van der Waals surface area (Å²) >= 11 is 0. The van der Waals surface area contributed by atoms with Crippen molar-refractivity contribution < 1.29 is 35.8 Å². The molecule has 0 saturated heterocycles. The fourth-order valence-corrected chi connectivity index (χ4v) is 3.97. The summed E-state index contributed by atoms with van der Waals surface area (Å²) in [5.41, 5.74) is -4.49. The van der Waals surface area contributed by atoms with Gasteiger partial charge in [-0.25, -0.2) is 4.98 Å². The minimum absolute atomic E-state index is 0.183. The van der Waals surface area contributed by atoms with Gasteiger partial charge in [0.1, 0.15) is 12.0 Å². The number of alkyl halides is 3. The first-order chi connectivity index (χ1) is 14.7. The highest BCUT2D eigenvalue weighted by atomic mass is 32.2. The summed E-state index contributed by atoms with van der Waals surface area (Å²) < 4.78 is 74.0. The second kappa shape index (κ2) is 7.89. The molecule has 2 atom stereocenters. The normalized spacial score (nSPS) is 18.8. The largest absolute Gasteiger partial charge is 0.516 e. The average molecular weight is 454 g/mol. The van der Waals surface area contributed by atoms with E-state index >= 15 is 0 Å². The highest BCUT2D eigenvalue weighted by molar-refractivity contribution is 7.93. The van der Waals surface area contributed by atoms with Crippen LogP contribution in [0.1, 0.15) is 17.6 Å². The molecule has 3 aromatic rings. The Hall–Kier alpha value is -3.05. The van der Waals surface area contributed by atoms with Crippen LogP contribution in [-0.4, -0.2) is 30.6 Å². The molecule has 0 fully saturated rings. The first-order valence-corrected chi connectivity index (χ1v) is 10.7. The molecule has 1 aliphatic rings. The van der Waals surface area contributed by atoms with Crippen LogP contribution in [-0.2, 0) is 16.4 Å². The van der Waals surface area contributed by atoms with Crippen molar-refractivity contribution in [2.45, 2.75) is 18.0 Å². The van der Waals surface area contributed by atoms with Crippen molar-refractivity contribution in [3.63, 3.8) is 0 Å². The fourth-order valence-electron chi connectivity index (χ4n) is 3.39. The number of hydrogen-bond acceptors (Lipinski definition) is 6. The summed E-state index contributed by atoms with van der Waals surface area (Å²) in [4.78, 5) is 4.04. The van der Waals surface area contributed by atoms with Gasteiger partial charge in [0.25, 0.3) is 0 Å². The molecule has 2 unspecified atom stereocenters. The molecule has 0 amide bonds. The van der Waals surface area contributed by atoms with E-state index in [0.29, 0.717) is 29.2 Å². The molecule has 1 aromatic heterocycles. The molecule has 11 heteroatoms. The Bertz CT molecular complexity index is 1180. The van der Waals surface area contributed by atoms with Crippen LogP contribution in [0.3, 0.4) is 0 Å². The number of fused-ring (bicyclic) bond motifs is 1. The minimum Gasteiger partial charge on any atom is -0.493 e. The van der Waals surface area contributed by atoms with Crippen LogP contribution in [0.2, 0.25) is 0 Å². The van der Waals surface area contributed by atoms with Crippen LogP contribution in [0.25, 0.3) is 11.1 Å². The summed E-state index contributed by atoms with van der Waals surface area (Å²) in [5.74, 6) is 0.545. The Morgan fingerprint density at radius 1 is 1.19 bits per heavy atom. The van der Waals surface area contributed by atoms with Gasteiger partial charge in [0.15, 0.2) is 5.89 Å². The Kier molecular flexibility index (Phi) is 5.40. The molecule has 0 aliphatic carbocycles. The Balaban J connectivity index is 1.62. The Morgan fingerprint density at radius 2 is 1.97 bits per heavy atom. The van der Waals surface area contributed by atoms with E-state index in [1.807, 2.05) is 0 Å².